The molecule has 2 N–H and O–H groups in total. The maximum atomic E-state index is 13.4. The van der Waals surface area contributed by atoms with E-state index in [9.17, 15) is 22.4 Å². The molecule has 0 bridgehead atoms. The molecule has 0 radical (unpaired) electrons. The van der Waals surface area contributed by atoms with Gasteiger partial charge < -0.3 is 10.3 Å². The lowest BCUT2D eigenvalue weighted by Gasteiger charge is -2.35. The number of aryl methyl sites for hydroxylation is 2. The molecule has 2 heterocycles. The van der Waals surface area contributed by atoms with Gasteiger partial charge in [0.15, 0.2) is 0 Å². The first-order chi connectivity index (χ1) is 15.7. The normalized spacial score (nSPS) is 16.3. The monoisotopic (exact) mass is 469 g/mol. The summed E-state index contributed by atoms with van der Waals surface area (Å²) in [5, 5.41) is 2.74. The quantitative estimate of drug-likeness (QED) is 0.600. The number of hydrogen-bond donors (Lipinski definition) is 2. The largest absolute Gasteiger partial charge is 0.350 e. The first-order valence-electron chi connectivity index (χ1n) is 10.5. The lowest BCUT2D eigenvalue weighted by Crippen LogP contribution is -2.52. The maximum absolute atomic E-state index is 13.4. The van der Waals surface area contributed by atoms with Crippen molar-refractivity contribution in [3.8, 4) is 0 Å². The van der Waals surface area contributed by atoms with Crippen LogP contribution in [0, 0.1) is 19.7 Å². The van der Waals surface area contributed by atoms with E-state index in [1.807, 2.05) is 30.3 Å². The number of hydrogen-bond acceptors (Lipinski definition) is 4. The highest BCUT2D eigenvalue weighted by atomic mass is 32.2. The Bertz CT molecular complexity index is 1370. The molecule has 9 heteroatoms. The molecule has 7 nitrogen and oxygen atoms in total. The number of aromatic nitrogens is 1. The summed E-state index contributed by atoms with van der Waals surface area (Å²) < 4.78 is 41.3. The topological polar surface area (TPSA) is 99.3 Å². The van der Waals surface area contributed by atoms with Crippen molar-refractivity contribution >= 4 is 15.9 Å². The summed E-state index contributed by atoms with van der Waals surface area (Å²) in [6, 6.07) is 12.7. The van der Waals surface area contributed by atoms with Crippen molar-refractivity contribution in [1.82, 2.24) is 14.6 Å². The third kappa shape index (κ3) is 4.60. The van der Waals surface area contributed by atoms with Crippen molar-refractivity contribution in [3.05, 3.63) is 98.7 Å². The standard InChI is InChI=1S/C24H24FN3O4S/c1-15-11-16(2)27-23(29)21(15)13-26-24(30)22-12-17-5-3-4-6-18(17)14-28(22)33(31,32)20-9-7-19(25)8-10-20/h3-11,22H,12-14H2,1-2H3,(H,26,30)(H,27,29)/t22-/m0/s1. The van der Waals surface area contributed by atoms with Crippen LogP contribution in [0.5, 0.6) is 0 Å². The van der Waals surface area contributed by atoms with Gasteiger partial charge in [-0.15, -0.1) is 0 Å². The number of H-pyrrole nitrogens is 1. The van der Waals surface area contributed by atoms with E-state index in [1.165, 1.54) is 12.1 Å². The lowest BCUT2D eigenvalue weighted by molar-refractivity contribution is -0.125. The maximum Gasteiger partial charge on any atom is 0.253 e. The first-order valence-corrected chi connectivity index (χ1v) is 11.9. The number of benzene rings is 2. The molecule has 4 rings (SSSR count). The molecule has 0 spiro atoms. The Kier molecular flexibility index (Phi) is 6.18. The van der Waals surface area contributed by atoms with E-state index in [4.69, 9.17) is 0 Å². The van der Waals surface area contributed by atoms with E-state index in [-0.39, 0.29) is 30.0 Å². The second-order valence-corrected chi connectivity index (χ2v) is 10.0. The Labute approximate surface area is 191 Å². The van der Waals surface area contributed by atoms with Crippen LogP contribution in [0.3, 0.4) is 0 Å². The summed E-state index contributed by atoms with van der Waals surface area (Å²) in [5.41, 5.74) is 3.26. The summed E-state index contributed by atoms with van der Waals surface area (Å²) in [7, 11) is -4.08. The molecule has 33 heavy (non-hydrogen) atoms. The Morgan fingerprint density at radius 2 is 1.79 bits per heavy atom. The predicted octanol–water partition coefficient (Wildman–Crippen LogP) is 2.56. The summed E-state index contributed by atoms with van der Waals surface area (Å²) in [6.07, 6.45) is 0.186. The summed E-state index contributed by atoms with van der Waals surface area (Å²) in [6.45, 7) is 3.54. The fourth-order valence-corrected chi connectivity index (χ4v) is 5.68. The number of rotatable bonds is 5. The lowest BCUT2D eigenvalue weighted by atomic mass is 9.95. The average Bonchev–Trinajstić information content (AvgIpc) is 2.77. The Morgan fingerprint density at radius 1 is 1.12 bits per heavy atom. The summed E-state index contributed by atoms with van der Waals surface area (Å²) in [4.78, 5) is 28.1. The van der Waals surface area contributed by atoms with Crippen LogP contribution in [-0.2, 0) is 34.3 Å². The minimum Gasteiger partial charge on any atom is -0.350 e. The van der Waals surface area contributed by atoms with Gasteiger partial charge in [0.05, 0.1) is 4.90 Å². The molecule has 1 atom stereocenters. The van der Waals surface area contributed by atoms with Gasteiger partial charge in [-0.05, 0) is 67.3 Å². The SMILES string of the molecule is Cc1cc(C)c(CNC(=O)[C@@H]2Cc3ccccc3CN2S(=O)(=O)c2ccc(F)cc2)c(=O)[nH]1. The molecule has 0 saturated heterocycles. The number of nitrogens with one attached hydrogen (secondary N) is 2. The number of sulfonamides is 1. The van der Waals surface area contributed by atoms with E-state index < -0.39 is 27.8 Å². The highest BCUT2D eigenvalue weighted by molar-refractivity contribution is 7.89. The number of pyridine rings is 1. The number of aromatic amines is 1. The van der Waals surface area contributed by atoms with E-state index in [2.05, 4.69) is 10.3 Å². The van der Waals surface area contributed by atoms with Crippen molar-refractivity contribution in [3.63, 3.8) is 0 Å². The number of nitrogens with zero attached hydrogens (tertiary/aromatic N) is 1. The van der Waals surface area contributed by atoms with Gasteiger partial charge in [0.2, 0.25) is 15.9 Å². The van der Waals surface area contributed by atoms with Crippen LogP contribution in [-0.4, -0.2) is 29.7 Å². The predicted molar refractivity (Wildman–Crippen MR) is 121 cm³/mol. The average molecular weight is 470 g/mol. The van der Waals surface area contributed by atoms with Crippen LogP contribution in [0.4, 0.5) is 4.39 Å². The minimum atomic E-state index is -4.08. The van der Waals surface area contributed by atoms with Gasteiger partial charge in [-0.2, -0.15) is 4.31 Å². The van der Waals surface area contributed by atoms with Gasteiger partial charge >= 0.3 is 0 Å². The molecule has 3 aromatic rings. The van der Waals surface area contributed by atoms with Gasteiger partial charge in [0.25, 0.3) is 5.56 Å². The molecular weight excluding hydrogens is 445 g/mol. The summed E-state index contributed by atoms with van der Waals surface area (Å²) in [5.74, 6) is -1.06. The van der Waals surface area contributed by atoms with Crippen LogP contribution < -0.4 is 10.9 Å². The van der Waals surface area contributed by atoms with Crippen LogP contribution >= 0.6 is 0 Å². The zero-order valence-corrected chi connectivity index (χ0v) is 19.1. The number of fused-ring (bicyclic) bond motifs is 1. The second-order valence-electron chi connectivity index (χ2n) is 8.15. The van der Waals surface area contributed by atoms with Gasteiger partial charge in [0, 0.05) is 24.3 Å². The third-order valence-corrected chi connectivity index (χ3v) is 7.73. The zero-order chi connectivity index (χ0) is 23.8. The highest BCUT2D eigenvalue weighted by Gasteiger charge is 2.39. The first kappa shape index (κ1) is 22.9. The van der Waals surface area contributed by atoms with Crippen molar-refractivity contribution in [2.24, 2.45) is 0 Å². The molecule has 1 aliphatic rings. The van der Waals surface area contributed by atoms with E-state index in [1.54, 1.807) is 13.8 Å². The Balaban J connectivity index is 1.66. The van der Waals surface area contributed by atoms with Crippen LogP contribution in [0.2, 0.25) is 0 Å². The molecule has 1 aliphatic heterocycles. The van der Waals surface area contributed by atoms with E-state index in [0.717, 1.165) is 33.1 Å². The van der Waals surface area contributed by atoms with E-state index >= 15 is 0 Å². The van der Waals surface area contributed by atoms with Crippen molar-refractivity contribution in [1.29, 1.82) is 0 Å². The number of carbonyl (C=O) groups is 1. The number of amides is 1. The fraction of sp³-hybridized carbons (Fsp3) is 0.250. The molecule has 1 amide bonds. The Morgan fingerprint density at radius 3 is 2.45 bits per heavy atom. The van der Waals surface area contributed by atoms with Crippen LogP contribution in [0.15, 0.2) is 64.3 Å². The second kappa shape index (κ2) is 8.92. The molecule has 1 aromatic heterocycles. The van der Waals surface area contributed by atoms with Gasteiger partial charge in [0.1, 0.15) is 11.9 Å². The van der Waals surface area contributed by atoms with Crippen LogP contribution in [0.1, 0.15) is 27.9 Å². The molecule has 0 aliphatic carbocycles. The molecule has 172 valence electrons. The zero-order valence-electron chi connectivity index (χ0n) is 18.3. The van der Waals surface area contributed by atoms with Crippen molar-refractivity contribution in [2.45, 2.75) is 44.3 Å². The molecule has 2 aromatic carbocycles. The van der Waals surface area contributed by atoms with Crippen molar-refractivity contribution < 1.29 is 17.6 Å². The minimum absolute atomic E-state index is 0.0120. The smallest absolute Gasteiger partial charge is 0.253 e. The van der Waals surface area contributed by atoms with Crippen molar-refractivity contribution in [2.75, 3.05) is 0 Å². The van der Waals surface area contributed by atoms with Gasteiger partial charge in [-0.1, -0.05) is 24.3 Å². The van der Waals surface area contributed by atoms with Crippen LogP contribution in [0.25, 0.3) is 0 Å². The molecule has 0 fully saturated rings. The van der Waals surface area contributed by atoms with Gasteiger partial charge in [-0.25, -0.2) is 12.8 Å². The van der Waals surface area contributed by atoms with Gasteiger partial charge in [-0.3, -0.25) is 9.59 Å². The molecule has 0 unspecified atom stereocenters. The fourth-order valence-electron chi connectivity index (χ4n) is 4.11. The highest BCUT2D eigenvalue weighted by Crippen LogP contribution is 2.29. The summed E-state index contributed by atoms with van der Waals surface area (Å²) >= 11 is 0. The molecular formula is C24H24FN3O4S. The van der Waals surface area contributed by atoms with E-state index in [0.29, 0.717) is 11.3 Å². The number of carbonyl (C=O) groups excluding carboxylic acids is 1. The third-order valence-electron chi connectivity index (χ3n) is 5.86. The molecule has 0 saturated carbocycles. The Hall–Kier alpha value is -3.30. The number of halogens is 1.